The van der Waals surface area contributed by atoms with Gasteiger partial charge in [-0.3, -0.25) is 9.10 Å². The number of carbonyl (C=O) groups is 1. The molecule has 1 amide bonds. The van der Waals surface area contributed by atoms with Crippen LogP contribution in [0.15, 0.2) is 83.8 Å². The summed E-state index contributed by atoms with van der Waals surface area (Å²) in [5.41, 5.74) is 2.05. The molecule has 0 saturated carbocycles. The van der Waals surface area contributed by atoms with Crippen LogP contribution in [0.3, 0.4) is 0 Å². The summed E-state index contributed by atoms with van der Waals surface area (Å²) < 4.78 is 29.0. The summed E-state index contributed by atoms with van der Waals surface area (Å²) in [6.07, 6.45) is 1.79. The molecule has 1 aliphatic heterocycles. The van der Waals surface area contributed by atoms with Crippen molar-refractivity contribution >= 4 is 43.2 Å². The highest BCUT2D eigenvalue weighted by molar-refractivity contribution is 7.92. The molecular formula is C26H25N3O3S2. The quantitative estimate of drug-likeness (QED) is 0.358. The normalized spacial score (nSPS) is 16.1. The minimum absolute atomic E-state index is 0.0537. The number of thiazole rings is 1. The number of amides is 1. The van der Waals surface area contributed by atoms with Gasteiger partial charge < -0.3 is 4.90 Å². The van der Waals surface area contributed by atoms with Crippen LogP contribution in [0.25, 0.3) is 10.2 Å². The highest BCUT2D eigenvalue weighted by atomic mass is 32.2. The van der Waals surface area contributed by atoms with E-state index in [0.29, 0.717) is 24.3 Å². The molecule has 1 saturated heterocycles. The van der Waals surface area contributed by atoms with Gasteiger partial charge in [-0.05, 0) is 68.3 Å². The molecule has 34 heavy (non-hydrogen) atoms. The Hall–Kier alpha value is -3.23. The van der Waals surface area contributed by atoms with Crippen LogP contribution in [-0.2, 0) is 10.0 Å². The van der Waals surface area contributed by atoms with E-state index in [0.717, 1.165) is 28.1 Å². The maximum Gasteiger partial charge on any atom is 0.264 e. The third kappa shape index (κ3) is 4.08. The van der Waals surface area contributed by atoms with Crippen LogP contribution in [0.4, 0.5) is 5.69 Å². The topological polar surface area (TPSA) is 70.6 Å². The summed E-state index contributed by atoms with van der Waals surface area (Å²) in [5.74, 6) is -0.0962. The van der Waals surface area contributed by atoms with Crippen molar-refractivity contribution < 1.29 is 13.2 Å². The molecule has 0 aliphatic carbocycles. The number of anilines is 1. The zero-order chi connectivity index (χ0) is 23.7. The Morgan fingerprint density at radius 3 is 2.44 bits per heavy atom. The number of sulfonamides is 1. The fraction of sp³-hybridized carbons (Fsp3) is 0.231. The van der Waals surface area contributed by atoms with Crippen LogP contribution >= 0.6 is 11.3 Å². The van der Waals surface area contributed by atoms with Crippen molar-refractivity contribution in [2.45, 2.75) is 30.7 Å². The molecule has 4 aromatic rings. The van der Waals surface area contributed by atoms with Crippen molar-refractivity contribution in [3.8, 4) is 0 Å². The number of benzene rings is 3. The number of aromatic nitrogens is 1. The predicted octanol–water partition coefficient (Wildman–Crippen LogP) is 5.49. The Kier molecular flexibility index (Phi) is 6.10. The summed E-state index contributed by atoms with van der Waals surface area (Å²) in [4.78, 5) is 20.2. The number of carbonyl (C=O) groups excluding carboxylic acids is 1. The summed E-state index contributed by atoms with van der Waals surface area (Å²) in [6.45, 7) is 2.78. The number of fused-ring (bicyclic) bond motifs is 1. The van der Waals surface area contributed by atoms with Crippen LogP contribution in [0.1, 0.15) is 41.2 Å². The van der Waals surface area contributed by atoms with Gasteiger partial charge in [0.2, 0.25) is 0 Å². The zero-order valence-corrected chi connectivity index (χ0v) is 20.4. The standard InChI is InChI=1S/C26H25N3O3S2/c1-2-29(20-9-4-3-5-10-20)34(31,32)21-16-14-19(15-17-21)26(30)28-18-8-12-23(28)25-27-22-11-6-7-13-24(22)33-25/h3-7,9-11,13-17,23H,2,8,12,18H2,1H3. The summed E-state index contributed by atoms with van der Waals surface area (Å²) in [5, 5.41) is 0.952. The van der Waals surface area contributed by atoms with Gasteiger partial charge in [0, 0.05) is 18.7 Å². The molecular weight excluding hydrogens is 466 g/mol. The molecule has 174 valence electrons. The lowest BCUT2D eigenvalue weighted by Crippen LogP contribution is -2.31. The van der Waals surface area contributed by atoms with Crippen molar-refractivity contribution in [2.75, 3.05) is 17.4 Å². The summed E-state index contributed by atoms with van der Waals surface area (Å²) in [6, 6.07) is 23.2. The van der Waals surface area contributed by atoms with Gasteiger partial charge in [-0.2, -0.15) is 0 Å². The molecule has 1 atom stereocenters. The van der Waals surface area contributed by atoms with Gasteiger partial charge in [-0.15, -0.1) is 11.3 Å². The van der Waals surface area contributed by atoms with E-state index >= 15 is 0 Å². The largest absolute Gasteiger partial charge is 0.329 e. The van der Waals surface area contributed by atoms with Crippen molar-refractivity contribution in [2.24, 2.45) is 0 Å². The Morgan fingerprint density at radius 2 is 1.74 bits per heavy atom. The average Bonchev–Trinajstić information content (AvgIpc) is 3.52. The van der Waals surface area contributed by atoms with E-state index in [-0.39, 0.29) is 16.8 Å². The first-order chi connectivity index (χ1) is 16.5. The second-order valence-electron chi connectivity index (χ2n) is 8.21. The maximum absolute atomic E-state index is 13.4. The van der Waals surface area contributed by atoms with E-state index in [1.807, 2.05) is 47.4 Å². The first-order valence-corrected chi connectivity index (χ1v) is 13.6. The monoisotopic (exact) mass is 491 g/mol. The van der Waals surface area contributed by atoms with E-state index in [2.05, 4.69) is 0 Å². The predicted molar refractivity (Wildman–Crippen MR) is 136 cm³/mol. The average molecular weight is 492 g/mol. The van der Waals surface area contributed by atoms with Gasteiger partial charge in [0.1, 0.15) is 5.01 Å². The van der Waals surface area contributed by atoms with Gasteiger partial charge in [0.15, 0.2) is 0 Å². The molecule has 8 heteroatoms. The number of hydrogen-bond acceptors (Lipinski definition) is 5. The lowest BCUT2D eigenvalue weighted by molar-refractivity contribution is 0.0735. The summed E-state index contributed by atoms with van der Waals surface area (Å²) in [7, 11) is -3.73. The highest BCUT2D eigenvalue weighted by Crippen LogP contribution is 2.37. The van der Waals surface area contributed by atoms with Gasteiger partial charge in [-0.1, -0.05) is 30.3 Å². The lowest BCUT2D eigenvalue weighted by Gasteiger charge is -2.24. The van der Waals surface area contributed by atoms with Crippen molar-refractivity contribution in [3.05, 3.63) is 89.4 Å². The van der Waals surface area contributed by atoms with Gasteiger partial charge in [0.25, 0.3) is 15.9 Å². The minimum Gasteiger partial charge on any atom is -0.329 e. The number of rotatable bonds is 6. The number of hydrogen-bond donors (Lipinski definition) is 0. The first-order valence-electron chi connectivity index (χ1n) is 11.3. The lowest BCUT2D eigenvalue weighted by atomic mass is 10.1. The molecule has 1 aromatic heterocycles. The fourth-order valence-electron chi connectivity index (χ4n) is 4.45. The second-order valence-corrected chi connectivity index (χ2v) is 11.1. The Balaban J connectivity index is 1.39. The fourth-order valence-corrected chi connectivity index (χ4v) is 7.04. The molecule has 1 fully saturated rings. The Labute approximate surface area is 203 Å². The zero-order valence-electron chi connectivity index (χ0n) is 18.8. The number of nitrogens with zero attached hydrogens (tertiary/aromatic N) is 3. The third-order valence-electron chi connectivity index (χ3n) is 6.13. The molecule has 0 bridgehead atoms. The Morgan fingerprint density at radius 1 is 1.03 bits per heavy atom. The third-order valence-corrected chi connectivity index (χ3v) is 9.18. The molecule has 3 aromatic carbocycles. The van der Waals surface area contributed by atoms with Crippen LogP contribution in [0, 0.1) is 0 Å². The molecule has 6 nitrogen and oxygen atoms in total. The van der Waals surface area contributed by atoms with Gasteiger partial charge in [-0.25, -0.2) is 13.4 Å². The smallest absolute Gasteiger partial charge is 0.264 e. The molecule has 1 unspecified atom stereocenters. The number of para-hydroxylation sites is 2. The Bertz CT molecular complexity index is 1380. The van der Waals surface area contributed by atoms with Gasteiger partial charge >= 0.3 is 0 Å². The number of likely N-dealkylation sites (tertiary alicyclic amines) is 1. The molecule has 5 rings (SSSR count). The molecule has 0 radical (unpaired) electrons. The minimum atomic E-state index is -3.73. The molecule has 1 aliphatic rings. The van der Waals surface area contributed by atoms with E-state index in [1.165, 1.54) is 16.4 Å². The van der Waals surface area contributed by atoms with Crippen LogP contribution < -0.4 is 4.31 Å². The van der Waals surface area contributed by atoms with Crippen molar-refractivity contribution in [1.29, 1.82) is 0 Å². The van der Waals surface area contributed by atoms with E-state index in [1.54, 1.807) is 42.5 Å². The van der Waals surface area contributed by atoms with Crippen molar-refractivity contribution in [1.82, 2.24) is 9.88 Å². The highest BCUT2D eigenvalue weighted by Gasteiger charge is 2.33. The van der Waals surface area contributed by atoms with Crippen LogP contribution in [0.5, 0.6) is 0 Å². The maximum atomic E-state index is 13.4. The van der Waals surface area contributed by atoms with Crippen LogP contribution in [0.2, 0.25) is 0 Å². The molecule has 0 N–H and O–H groups in total. The summed E-state index contributed by atoms with van der Waals surface area (Å²) >= 11 is 1.63. The first kappa shape index (κ1) is 22.6. The van der Waals surface area contributed by atoms with Crippen molar-refractivity contribution in [3.63, 3.8) is 0 Å². The van der Waals surface area contributed by atoms with E-state index < -0.39 is 10.0 Å². The second kappa shape index (κ2) is 9.19. The van der Waals surface area contributed by atoms with Gasteiger partial charge in [0.05, 0.1) is 26.8 Å². The van der Waals surface area contributed by atoms with E-state index in [9.17, 15) is 13.2 Å². The molecule has 2 heterocycles. The SMILES string of the molecule is CCN(c1ccccc1)S(=O)(=O)c1ccc(C(=O)N2CCCC2c2nc3ccccc3s2)cc1. The van der Waals surface area contributed by atoms with Crippen LogP contribution in [-0.4, -0.2) is 37.3 Å². The molecule has 0 spiro atoms. The van der Waals surface area contributed by atoms with E-state index in [4.69, 9.17) is 4.98 Å².